The van der Waals surface area contributed by atoms with Crippen molar-refractivity contribution in [2.45, 2.75) is 46.2 Å². The van der Waals surface area contributed by atoms with E-state index >= 15 is 0 Å². The lowest BCUT2D eigenvalue weighted by Gasteiger charge is -2.28. The number of aryl methyl sites for hydroxylation is 2. The van der Waals surface area contributed by atoms with Crippen LogP contribution in [0.4, 0.5) is 0 Å². The van der Waals surface area contributed by atoms with Gasteiger partial charge in [0.15, 0.2) is 0 Å². The van der Waals surface area contributed by atoms with Gasteiger partial charge in [-0.1, -0.05) is 0 Å². The lowest BCUT2D eigenvalue weighted by Crippen LogP contribution is -2.31. The molecule has 2 heterocycles. The highest BCUT2D eigenvalue weighted by molar-refractivity contribution is 9.10. The fourth-order valence-corrected chi connectivity index (χ4v) is 3.33. The molecule has 0 saturated carbocycles. The van der Waals surface area contributed by atoms with Crippen molar-refractivity contribution in [1.82, 2.24) is 20.0 Å². The number of nitrogens with one attached hydrogen (secondary N) is 1. The third kappa shape index (κ3) is 4.06. The molecule has 0 atom stereocenters. The van der Waals surface area contributed by atoms with Gasteiger partial charge < -0.3 is 10.2 Å². The van der Waals surface area contributed by atoms with Crippen LogP contribution in [0.3, 0.4) is 0 Å². The van der Waals surface area contributed by atoms with E-state index in [0.29, 0.717) is 0 Å². The first kappa shape index (κ1) is 16.0. The molecule has 1 aliphatic heterocycles. The van der Waals surface area contributed by atoms with Crippen LogP contribution in [0.15, 0.2) is 4.47 Å². The predicted molar refractivity (Wildman–Crippen MR) is 86.9 cm³/mol. The Bertz CT molecular complexity index is 422. The molecule has 1 aromatic rings. The topological polar surface area (TPSA) is 33.1 Å². The van der Waals surface area contributed by atoms with Gasteiger partial charge in [0.25, 0.3) is 0 Å². The lowest BCUT2D eigenvalue weighted by atomic mass is 9.94. The van der Waals surface area contributed by atoms with Gasteiger partial charge in [-0.3, -0.25) is 4.68 Å². The maximum Gasteiger partial charge on any atom is 0.0739 e. The van der Waals surface area contributed by atoms with Gasteiger partial charge in [-0.25, -0.2) is 0 Å². The molecule has 1 aliphatic rings. The summed E-state index contributed by atoms with van der Waals surface area (Å²) < 4.78 is 3.24. The maximum atomic E-state index is 4.53. The SMILES string of the molecule is CCn1nc(C)c(Br)c1CNCCC1CCN(C)CC1. The number of hydrogen-bond acceptors (Lipinski definition) is 3. The fraction of sp³-hybridized carbons (Fsp3) is 0.800. The summed E-state index contributed by atoms with van der Waals surface area (Å²) in [6.07, 6.45) is 4.01. The summed E-state index contributed by atoms with van der Waals surface area (Å²) in [7, 11) is 2.22. The summed E-state index contributed by atoms with van der Waals surface area (Å²) in [5.74, 6) is 0.903. The molecule has 0 aromatic carbocycles. The zero-order chi connectivity index (χ0) is 14.5. The summed E-state index contributed by atoms with van der Waals surface area (Å²) >= 11 is 3.65. The Labute approximate surface area is 131 Å². The van der Waals surface area contributed by atoms with E-state index in [0.717, 1.165) is 35.7 Å². The minimum atomic E-state index is 0.903. The van der Waals surface area contributed by atoms with Gasteiger partial charge in [0.05, 0.1) is 15.9 Å². The Morgan fingerprint density at radius 3 is 2.70 bits per heavy atom. The van der Waals surface area contributed by atoms with E-state index in [4.69, 9.17) is 0 Å². The summed E-state index contributed by atoms with van der Waals surface area (Å²) in [6.45, 7) is 9.66. The van der Waals surface area contributed by atoms with Crippen LogP contribution in [0.5, 0.6) is 0 Å². The minimum Gasteiger partial charge on any atom is -0.311 e. The van der Waals surface area contributed by atoms with E-state index in [-0.39, 0.29) is 0 Å². The second-order valence-electron chi connectivity index (χ2n) is 5.87. The van der Waals surface area contributed by atoms with Crippen molar-refractivity contribution >= 4 is 15.9 Å². The van der Waals surface area contributed by atoms with Crippen molar-refractivity contribution < 1.29 is 0 Å². The Balaban J connectivity index is 1.73. The van der Waals surface area contributed by atoms with E-state index in [1.54, 1.807) is 0 Å². The molecule has 0 amide bonds. The molecule has 114 valence electrons. The standard InChI is InChI=1S/C15H27BrN4/c1-4-20-14(15(16)12(2)18-20)11-17-8-5-13-6-9-19(3)10-7-13/h13,17H,4-11H2,1-3H3. The molecule has 1 aromatic heterocycles. The van der Waals surface area contributed by atoms with Crippen molar-refractivity contribution in [3.63, 3.8) is 0 Å². The van der Waals surface area contributed by atoms with Gasteiger partial charge in [0.1, 0.15) is 0 Å². The van der Waals surface area contributed by atoms with Crippen LogP contribution >= 0.6 is 15.9 Å². The first-order valence-corrected chi connectivity index (χ1v) is 8.52. The molecule has 2 rings (SSSR count). The number of nitrogens with zero attached hydrogens (tertiary/aromatic N) is 3. The van der Waals surface area contributed by atoms with Crippen molar-refractivity contribution in [3.05, 3.63) is 15.9 Å². The Kier molecular flexibility index (Phi) is 6.05. The molecule has 1 N–H and O–H groups in total. The van der Waals surface area contributed by atoms with Crippen LogP contribution < -0.4 is 5.32 Å². The van der Waals surface area contributed by atoms with Crippen molar-refractivity contribution in [2.75, 3.05) is 26.7 Å². The van der Waals surface area contributed by atoms with Crippen LogP contribution in [0.1, 0.15) is 37.6 Å². The Morgan fingerprint density at radius 1 is 1.35 bits per heavy atom. The summed E-state index contributed by atoms with van der Waals surface area (Å²) in [5, 5.41) is 8.11. The highest BCUT2D eigenvalue weighted by Crippen LogP contribution is 2.21. The van der Waals surface area contributed by atoms with Crippen LogP contribution in [0, 0.1) is 12.8 Å². The van der Waals surface area contributed by atoms with Crippen molar-refractivity contribution in [3.8, 4) is 0 Å². The highest BCUT2D eigenvalue weighted by atomic mass is 79.9. The first-order chi connectivity index (χ1) is 9.61. The Hall–Kier alpha value is -0.390. The second-order valence-corrected chi connectivity index (χ2v) is 6.67. The van der Waals surface area contributed by atoms with E-state index in [2.05, 4.69) is 56.8 Å². The molecule has 20 heavy (non-hydrogen) atoms. The van der Waals surface area contributed by atoms with Gasteiger partial charge in [-0.05, 0) is 81.6 Å². The molecule has 1 saturated heterocycles. The van der Waals surface area contributed by atoms with Crippen molar-refractivity contribution in [2.24, 2.45) is 5.92 Å². The van der Waals surface area contributed by atoms with Crippen molar-refractivity contribution in [1.29, 1.82) is 0 Å². The number of likely N-dealkylation sites (tertiary alicyclic amines) is 1. The van der Waals surface area contributed by atoms with Gasteiger partial charge in [0.2, 0.25) is 0 Å². The lowest BCUT2D eigenvalue weighted by molar-refractivity contribution is 0.211. The van der Waals surface area contributed by atoms with Crippen LogP contribution in [0.2, 0.25) is 0 Å². The van der Waals surface area contributed by atoms with Gasteiger partial charge >= 0.3 is 0 Å². The van der Waals surface area contributed by atoms with Crippen LogP contribution in [-0.2, 0) is 13.1 Å². The average Bonchev–Trinajstić information content (AvgIpc) is 2.72. The molecule has 0 spiro atoms. The zero-order valence-electron chi connectivity index (χ0n) is 13.0. The van der Waals surface area contributed by atoms with Gasteiger partial charge in [-0.2, -0.15) is 5.10 Å². The molecule has 5 heteroatoms. The van der Waals surface area contributed by atoms with E-state index in [1.165, 1.54) is 38.0 Å². The number of halogens is 1. The third-order valence-corrected chi connectivity index (χ3v) is 5.34. The largest absolute Gasteiger partial charge is 0.311 e. The molecular weight excluding hydrogens is 316 g/mol. The quantitative estimate of drug-likeness (QED) is 0.807. The normalized spacial score (nSPS) is 17.8. The number of piperidine rings is 1. The fourth-order valence-electron chi connectivity index (χ4n) is 2.90. The minimum absolute atomic E-state index is 0.903. The van der Waals surface area contributed by atoms with Crippen LogP contribution in [-0.4, -0.2) is 41.4 Å². The first-order valence-electron chi connectivity index (χ1n) is 7.72. The van der Waals surface area contributed by atoms with E-state index in [1.807, 2.05) is 0 Å². The molecule has 1 fully saturated rings. The molecular formula is C15H27BrN4. The maximum absolute atomic E-state index is 4.53. The molecule has 0 radical (unpaired) electrons. The summed E-state index contributed by atoms with van der Waals surface area (Å²) in [6, 6.07) is 0. The number of aromatic nitrogens is 2. The zero-order valence-corrected chi connectivity index (χ0v) is 14.5. The summed E-state index contributed by atoms with van der Waals surface area (Å²) in [5.41, 5.74) is 2.35. The van der Waals surface area contributed by atoms with Gasteiger partial charge in [0, 0.05) is 13.1 Å². The number of hydrogen-bond donors (Lipinski definition) is 1. The monoisotopic (exact) mass is 342 g/mol. The highest BCUT2D eigenvalue weighted by Gasteiger charge is 2.16. The predicted octanol–water partition coefficient (Wildman–Crippen LogP) is 2.80. The van der Waals surface area contributed by atoms with E-state index < -0.39 is 0 Å². The average molecular weight is 343 g/mol. The molecule has 0 bridgehead atoms. The van der Waals surface area contributed by atoms with Gasteiger partial charge in [-0.15, -0.1) is 0 Å². The molecule has 4 nitrogen and oxygen atoms in total. The second kappa shape index (κ2) is 7.57. The smallest absolute Gasteiger partial charge is 0.0739 e. The molecule has 0 unspecified atom stereocenters. The van der Waals surface area contributed by atoms with Crippen LogP contribution in [0.25, 0.3) is 0 Å². The van der Waals surface area contributed by atoms with E-state index in [9.17, 15) is 0 Å². The Morgan fingerprint density at radius 2 is 2.05 bits per heavy atom. The summed E-state index contributed by atoms with van der Waals surface area (Å²) in [4.78, 5) is 2.43. The molecule has 0 aliphatic carbocycles. The third-order valence-electron chi connectivity index (χ3n) is 4.31. The number of rotatable bonds is 6.